The molecule has 0 fully saturated rings. The first-order valence-corrected chi connectivity index (χ1v) is 11.5. The molecule has 1 amide bonds. The number of hydrogen-bond donors (Lipinski definition) is 3. The number of halogens is 3. The van der Waals surface area contributed by atoms with Crippen LogP contribution in [-0.2, 0) is 4.79 Å². The van der Waals surface area contributed by atoms with Gasteiger partial charge < -0.3 is 15.4 Å². The fourth-order valence-corrected chi connectivity index (χ4v) is 3.73. The highest BCUT2D eigenvalue weighted by molar-refractivity contribution is 7.84. The van der Waals surface area contributed by atoms with E-state index in [1.54, 1.807) is 24.3 Å². The lowest BCUT2D eigenvalue weighted by atomic mass is 10.1. The van der Waals surface area contributed by atoms with E-state index in [4.69, 9.17) is 0 Å². The van der Waals surface area contributed by atoms with Gasteiger partial charge in [-0.05, 0) is 73.5 Å². The number of nitrogens with zero attached hydrogens (tertiary/aromatic N) is 3. The molecule has 0 saturated heterocycles. The predicted octanol–water partition coefficient (Wildman–Crippen LogP) is 6.27. The Bertz CT molecular complexity index is 1410. The lowest BCUT2D eigenvalue weighted by Crippen LogP contribution is -2.17. The minimum absolute atomic E-state index is 0.324. The van der Waals surface area contributed by atoms with Gasteiger partial charge in [0, 0.05) is 23.0 Å². The minimum Gasteiger partial charge on any atom is -0.406 e. The standard InChI is InChI=1S/C26H22F3N5O2S/c1-16-4-3-5-17(2)24(16)32-23(37)14-22(35)31-19-8-6-18(7-9-19)25-30-15-34(33-25)20-10-12-21(13-11-20)36-26(27,28)29/h3-15,32,37H,1-2H3,(H,31,35)/b23-14-. The number of hydrogen-bond acceptors (Lipinski definition) is 6. The molecule has 1 heterocycles. The van der Waals surface area contributed by atoms with E-state index < -0.39 is 6.36 Å². The van der Waals surface area contributed by atoms with Gasteiger partial charge in [-0.15, -0.1) is 30.9 Å². The Balaban J connectivity index is 1.38. The molecule has 0 bridgehead atoms. The van der Waals surface area contributed by atoms with E-state index in [0.29, 0.717) is 27.8 Å². The number of thiol groups is 1. The van der Waals surface area contributed by atoms with Crippen molar-refractivity contribution in [1.29, 1.82) is 0 Å². The van der Waals surface area contributed by atoms with Gasteiger partial charge in [-0.25, -0.2) is 9.67 Å². The van der Waals surface area contributed by atoms with Gasteiger partial charge in [0.15, 0.2) is 5.82 Å². The van der Waals surface area contributed by atoms with Crippen LogP contribution in [0.3, 0.4) is 0 Å². The summed E-state index contributed by atoms with van der Waals surface area (Å²) in [7, 11) is 0. The Labute approximate surface area is 216 Å². The summed E-state index contributed by atoms with van der Waals surface area (Å²) < 4.78 is 42.3. The summed E-state index contributed by atoms with van der Waals surface area (Å²) in [6.45, 7) is 3.94. The molecule has 0 aliphatic heterocycles. The summed E-state index contributed by atoms with van der Waals surface area (Å²) in [5.41, 5.74) is 4.76. The van der Waals surface area contributed by atoms with Crippen molar-refractivity contribution in [1.82, 2.24) is 14.8 Å². The van der Waals surface area contributed by atoms with Gasteiger partial charge in [-0.3, -0.25) is 4.79 Å². The maximum absolute atomic E-state index is 12.4. The molecule has 0 atom stereocenters. The van der Waals surface area contributed by atoms with Gasteiger partial charge >= 0.3 is 6.36 Å². The molecule has 0 spiro atoms. The van der Waals surface area contributed by atoms with Crippen LogP contribution in [0.2, 0.25) is 0 Å². The number of ether oxygens (including phenoxy) is 1. The maximum atomic E-state index is 12.4. The molecule has 11 heteroatoms. The summed E-state index contributed by atoms with van der Waals surface area (Å²) in [5.74, 6) is -0.268. The van der Waals surface area contributed by atoms with Crippen molar-refractivity contribution in [2.75, 3.05) is 10.6 Å². The highest BCUT2D eigenvalue weighted by Gasteiger charge is 2.31. The van der Waals surface area contributed by atoms with Crippen molar-refractivity contribution >= 4 is 29.9 Å². The quantitative estimate of drug-likeness (QED) is 0.196. The van der Waals surface area contributed by atoms with Crippen LogP contribution in [0.25, 0.3) is 17.1 Å². The molecule has 4 aromatic rings. The second-order valence-electron chi connectivity index (χ2n) is 8.04. The number of nitrogens with one attached hydrogen (secondary N) is 2. The normalized spacial score (nSPS) is 11.8. The van der Waals surface area contributed by atoms with Gasteiger partial charge in [0.25, 0.3) is 5.91 Å². The van der Waals surface area contributed by atoms with Crippen LogP contribution in [0.15, 0.2) is 84.2 Å². The van der Waals surface area contributed by atoms with E-state index in [-0.39, 0.29) is 11.7 Å². The van der Waals surface area contributed by atoms with Crippen LogP contribution in [0.5, 0.6) is 5.75 Å². The molecule has 190 valence electrons. The van der Waals surface area contributed by atoms with Crippen molar-refractivity contribution in [3.8, 4) is 22.8 Å². The molecule has 0 radical (unpaired) electrons. The topological polar surface area (TPSA) is 81.1 Å². The van der Waals surface area contributed by atoms with Crippen molar-refractivity contribution < 1.29 is 22.7 Å². The number of aryl methyl sites for hydroxylation is 2. The second kappa shape index (κ2) is 10.8. The number of alkyl halides is 3. The number of carbonyl (C=O) groups excluding carboxylic acids is 1. The number of amides is 1. The summed E-state index contributed by atoms with van der Waals surface area (Å²) in [5, 5.41) is 10.7. The SMILES string of the molecule is Cc1cccc(C)c1N/C(S)=C/C(=O)Nc1ccc(-c2ncn(-c3ccc(OC(F)(F)F)cc3)n2)cc1. The molecule has 0 aliphatic rings. The molecule has 4 rings (SSSR count). The van der Waals surface area contributed by atoms with Gasteiger partial charge in [0.05, 0.1) is 10.7 Å². The molecule has 37 heavy (non-hydrogen) atoms. The molecular formula is C26H22F3N5O2S. The maximum Gasteiger partial charge on any atom is 0.573 e. The number of anilines is 2. The zero-order valence-corrected chi connectivity index (χ0v) is 20.6. The summed E-state index contributed by atoms with van der Waals surface area (Å²) >= 11 is 4.38. The highest BCUT2D eigenvalue weighted by Crippen LogP contribution is 2.25. The Morgan fingerprint density at radius 1 is 0.973 bits per heavy atom. The minimum atomic E-state index is -4.75. The Hall–Kier alpha value is -4.25. The molecule has 0 unspecified atom stereocenters. The van der Waals surface area contributed by atoms with E-state index >= 15 is 0 Å². The summed E-state index contributed by atoms with van der Waals surface area (Å²) in [6, 6.07) is 18.1. The average Bonchev–Trinajstić information content (AvgIpc) is 3.32. The van der Waals surface area contributed by atoms with Crippen LogP contribution >= 0.6 is 12.6 Å². The fraction of sp³-hybridized carbons (Fsp3) is 0.115. The van der Waals surface area contributed by atoms with Crippen LogP contribution in [0, 0.1) is 13.8 Å². The molecule has 2 N–H and O–H groups in total. The van der Waals surface area contributed by atoms with E-state index in [1.807, 2.05) is 32.0 Å². The monoisotopic (exact) mass is 525 g/mol. The molecule has 0 saturated carbocycles. The van der Waals surface area contributed by atoms with Crippen molar-refractivity contribution in [3.63, 3.8) is 0 Å². The third-order valence-corrected chi connectivity index (χ3v) is 5.48. The smallest absolute Gasteiger partial charge is 0.406 e. The van der Waals surface area contributed by atoms with E-state index in [9.17, 15) is 18.0 Å². The molecule has 7 nitrogen and oxygen atoms in total. The Morgan fingerprint density at radius 2 is 1.62 bits per heavy atom. The largest absolute Gasteiger partial charge is 0.573 e. The zero-order chi connectivity index (χ0) is 26.6. The predicted molar refractivity (Wildman–Crippen MR) is 139 cm³/mol. The Kier molecular flexibility index (Phi) is 7.53. The number of benzene rings is 3. The first-order valence-electron chi connectivity index (χ1n) is 11.0. The van der Waals surface area contributed by atoms with Gasteiger partial charge in [-0.1, -0.05) is 18.2 Å². The van der Waals surface area contributed by atoms with E-state index in [1.165, 1.54) is 41.4 Å². The van der Waals surface area contributed by atoms with E-state index in [2.05, 4.69) is 38.1 Å². The lowest BCUT2D eigenvalue weighted by Gasteiger charge is -2.12. The van der Waals surface area contributed by atoms with Crippen molar-refractivity contribution in [2.24, 2.45) is 0 Å². The Morgan fingerprint density at radius 3 is 2.24 bits per heavy atom. The summed E-state index contributed by atoms with van der Waals surface area (Å²) in [4.78, 5) is 16.7. The highest BCUT2D eigenvalue weighted by atomic mass is 32.1. The third-order valence-electron chi connectivity index (χ3n) is 5.24. The molecule has 1 aromatic heterocycles. The second-order valence-corrected chi connectivity index (χ2v) is 8.52. The van der Waals surface area contributed by atoms with Crippen LogP contribution in [-0.4, -0.2) is 27.0 Å². The van der Waals surface area contributed by atoms with Gasteiger partial charge in [0.2, 0.25) is 0 Å². The number of para-hydroxylation sites is 1. The van der Waals surface area contributed by atoms with E-state index in [0.717, 1.165) is 16.8 Å². The van der Waals surface area contributed by atoms with Crippen LogP contribution in [0.4, 0.5) is 24.5 Å². The fourth-order valence-electron chi connectivity index (χ4n) is 3.50. The van der Waals surface area contributed by atoms with Crippen molar-refractivity contribution in [2.45, 2.75) is 20.2 Å². The first-order chi connectivity index (χ1) is 17.6. The van der Waals surface area contributed by atoms with Crippen LogP contribution in [0.1, 0.15) is 11.1 Å². The van der Waals surface area contributed by atoms with Crippen molar-refractivity contribution in [3.05, 3.63) is 95.3 Å². The number of carbonyl (C=O) groups is 1. The number of aromatic nitrogens is 3. The summed E-state index contributed by atoms with van der Waals surface area (Å²) in [6.07, 6.45) is -1.94. The number of rotatable bonds is 7. The third kappa shape index (κ3) is 6.91. The molecule has 0 aliphatic carbocycles. The average molecular weight is 526 g/mol. The lowest BCUT2D eigenvalue weighted by molar-refractivity contribution is -0.274. The van der Waals surface area contributed by atoms with Gasteiger partial charge in [-0.2, -0.15) is 0 Å². The van der Waals surface area contributed by atoms with Gasteiger partial charge in [0.1, 0.15) is 12.1 Å². The molecular weight excluding hydrogens is 503 g/mol. The molecule has 3 aromatic carbocycles. The van der Waals surface area contributed by atoms with Crippen LogP contribution < -0.4 is 15.4 Å². The zero-order valence-electron chi connectivity index (χ0n) is 19.7. The first kappa shape index (κ1) is 25.8.